The van der Waals surface area contributed by atoms with E-state index in [-0.39, 0.29) is 11.2 Å². The third kappa shape index (κ3) is 2.86. The van der Waals surface area contributed by atoms with Crippen LogP contribution in [0.1, 0.15) is 6.92 Å². The van der Waals surface area contributed by atoms with E-state index in [2.05, 4.69) is 16.0 Å². The van der Waals surface area contributed by atoms with Crippen LogP contribution in [0.25, 0.3) is 0 Å². The Morgan fingerprint density at radius 2 is 2.43 bits per heavy atom. The van der Waals surface area contributed by atoms with Crippen LogP contribution in [-0.2, 0) is 0 Å². The smallest absolute Gasteiger partial charge is 0.224 e. The molecule has 0 aliphatic heterocycles. The fourth-order valence-corrected chi connectivity index (χ4v) is 1.23. The molecule has 0 bridgehead atoms. The van der Waals surface area contributed by atoms with E-state index in [9.17, 15) is 0 Å². The van der Waals surface area contributed by atoms with Gasteiger partial charge in [0.15, 0.2) is 0 Å². The van der Waals surface area contributed by atoms with E-state index in [1.165, 1.54) is 0 Å². The summed E-state index contributed by atoms with van der Waals surface area (Å²) in [6, 6.07) is 3.92. The van der Waals surface area contributed by atoms with Gasteiger partial charge in [0, 0.05) is 19.8 Å². The van der Waals surface area contributed by atoms with Gasteiger partial charge < -0.3 is 4.90 Å². The van der Waals surface area contributed by atoms with E-state index in [0.29, 0.717) is 6.54 Å². The maximum absolute atomic E-state index is 8.65. The zero-order valence-electron chi connectivity index (χ0n) is 8.11. The molecule has 1 aromatic heterocycles. The van der Waals surface area contributed by atoms with Crippen molar-refractivity contribution in [2.45, 2.75) is 6.92 Å². The van der Waals surface area contributed by atoms with Crippen molar-refractivity contribution in [3.05, 3.63) is 17.5 Å². The maximum Gasteiger partial charge on any atom is 0.224 e. The normalized spacial score (nSPS) is 11.9. The summed E-state index contributed by atoms with van der Waals surface area (Å²) in [5.41, 5.74) is 0. The molecule has 74 valence electrons. The monoisotopic (exact) mass is 210 g/mol. The van der Waals surface area contributed by atoms with Crippen molar-refractivity contribution in [3.8, 4) is 6.07 Å². The Labute approximate surface area is 88.2 Å². The van der Waals surface area contributed by atoms with Crippen LogP contribution in [0.15, 0.2) is 12.3 Å². The quantitative estimate of drug-likeness (QED) is 0.713. The highest BCUT2D eigenvalue weighted by Gasteiger charge is 2.07. The predicted molar refractivity (Wildman–Crippen MR) is 55.1 cm³/mol. The van der Waals surface area contributed by atoms with Crippen LogP contribution < -0.4 is 4.90 Å². The first-order valence-electron chi connectivity index (χ1n) is 4.22. The second-order valence-corrected chi connectivity index (χ2v) is 3.43. The lowest BCUT2D eigenvalue weighted by atomic mass is 10.2. The lowest BCUT2D eigenvalue weighted by molar-refractivity contribution is 0.709. The Morgan fingerprint density at radius 1 is 1.71 bits per heavy atom. The molecule has 1 heterocycles. The number of nitrogens with zero attached hydrogens (tertiary/aromatic N) is 4. The first-order valence-corrected chi connectivity index (χ1v) is 4.60. The molecule has 0 spiro atoms. The third-order valence-corrected chi connectivity index (χ3v) is 1.95. The molecule has 0 saturated heterocycles. The number of hydrogen-bond acceptors (Lipinski definition) is 4. The topological polar surface area (TPSA) is 52.8 Å². The van der Waals surface area contributed by atoms with Gasteiger partial charge in [0.1, 0.15) is 5.82 Å². The van der Waals surface area contributed by atoms with Gasteiger partial charge in [-0.25, -0.2) is 9.97 Å². The molecule has 4 nitrogen and oxygen atoms in total. The Bertz CT molecular complexity index is 347. The Balaban J connectivity index is 2.70. The van der Waals surface area contributed by atoms with Gasteiger partial charge in [0.25, 0.3) is 0 Å². The second-order valence-electron chi connectivity index (χ2n) is 3.09. The first-order chi connectivity index (χ1) is 6.63. The molecule has 1 unspecified atom stereocenters. The zero-order chi connectivity index (χ0) is 10.6. The predicted octanol–water partition coefficient (Wildman–Crippen LogP) is 1.73. The van der Waals surface area contributed by atoms with Crippen molar-refractivity contribution < 1.29 is 0 Å². The van der Waals surface area contributed by atoms with Gasteiger partial charge in [0.05, 0.1) is 12.0 Å². The molecule has 1 aromatic rings. The van der Waals surface area contributed by atoms with E-state index >= 15 is 0 Å². The van der Waals surface area contributed by atoms with E-state index < -0.39 is 0 Å². The summed E-state index contributed by atoms with van der Waals surface area (Å²) in [4.78, 5) is 9.69. The second kappa shape index (κ2) is 4.77. The molecule has 0 aliphatic rings. The molecule has 5 heteroatoms. The fourth-order valence-electron chi connectivity index (χ4n) is 1.08. The van der Waals surface area contributed by atoms with Gasteiger partial charge in [-0.05, 0) is 24.6 Å². The highest BCUT2D eigenvalue weighted by atomic mass is 35.5. The van der Waals surface area contributed by atoms with Gasteiger partial charge in [-0.2, -0.15) is 5.26 Å². The lowest BCUT2D eigenvalue weighted by Crippen LogP contribution is -2.24. The highest BCUT2D eigenvalue weighted by molar-refractivity contribution is 6.28. The van der Waals surface area contributed by atoms with Crippen molar-refractivity contribution in [2.24, 2.45) is 5.92 Å². The SMILES string of the molecule is CC(C#N)CN(C)c1ccnc(Cl)n1. The Kier molecular flexibility index (Phi) is 3.66. The average molecular weight is 211 g/mol. The summed E-state index contributed by atoms with van der Waals surface area (Å²) < 4.78 is 0. The molecule has 0 fully saturated rings. The van der Waals surface area contributed by atoms with Gasteiger partial charge in [0.2, 0.25) is 5.28 Å². The van der Waals surface area contributed by atoms with Crippen LogP contribution in [0, 0.1) is 17.2 Å². The van der Waals surface area contributed by atoms with Crippen molar-refractivity contribution in [3.63, 3.8) is 0 Å². The summed E-state index contributed by atoms with van der Waals surface area (Å²) in [6.45, 7) is 2.49. The van der Waals surface area contributed by atoms with Crippen molar-refractivity contribution in [2.75, 3.05) is 18.5 Å². The van der Waals surface area contributed by atoms with Crippen molar-refractivity contribution in [1.82, 2.24) is 9.97 Å². The van der Waals surface area contributed by atoms with E-state index in [1.807, 2.05) is 18.9 Å². The fraction of sp³-hybridized carbons (Fsp3) is 0.444. The van der Waals surface area contributed by atoms with E-state index in [0.717, 1.165) is 5.82 Å². The molecule has 0 aliphatic carbocycles. The molecule has 0 amide bonds. The summed E-state index contributed by atoms with van der Waals surface area (Å²) in [6.07, 6.45) is 1.60. The third-order valence-electron chi connectivity index (χ3n) is 1.77. The molecule has 0 saturated carbocycles. The number of hydrogen-bond donors (Lipinski definition) is 0. The van der Waals surface area contributed by atoms with Crippen LogP contribution in [0.5, 0.6) is 0 Å². The van der Waals surface area contributed by atoms with Gasteiger partial charge in [-0.3, -0.25) is 0 Å². The lowest BCUT2D eigenvalue weighted by Gasteiger charge is -2.18. The maximum atomic E-state index is 8.65. The molecular weight excluding hydrogens is 200 g/mol. The molecular formula is C9H11ClN4. The van der Waals surface area contributed by atoms with Gasteiger partial charge >= 0.3 is 0 Å². The number of rotatable bonds is 3. The summed E-state index contributed by atoms with van der Waals surface area (Å²) in [7, 11) is 1.87. The number of halogens is 1. The molecule has 0 radical (unpaired) electrons. The minimum atomic E-state index is -0.0336. The van der Waals surface area contributed by atoms with Crippen LogP contribution in [0.4, 0.5) is 5.82 Å². The van der Waals surface area contributed by atoms with Gasteiger partial charge in [-0.15, -0.1) is 0 Å². The summed E-state index contributed by atoms with van der Waals surface area (Å²) in [5.74, 6) is 0.695. The van der Waals surface area contributed by atoms with E-state index in [1.54, 1.807) is 12.3 Å². The minimum absolute atomic E-state index is 0.0336. The highest BCUT2D eigenvalue weighted by Crippen LogP contribution is 2.11. The average Bonchev–Trinajstić information content (AvgIpc) is 2.17. The molecule has 0 aromatic carbocycles. The molecule has 0 N–H and O–H groups in total. The van der Waals surface area contributed by atoms with Crippen LogP contribution >= 0.6 is 11.6 Å². The largest absolute Gasteiger partial charge is 0.358 e. The number of nitriles is 1. The van der Waals surface area contributed by atoms with Crippen molar-refractivity contribution >= 4 is 17.4 Å². The van der Waals surface area contributed by atoms with E-state index in [4.69, 9.17) is 16.9 Å². The molecule has 1 rings (SSSR count). The number of aromatic nitrogens is 2. The molecule has 14 heavy (non-hydrogen) atoms. The zero-order valence-corrected chi connectivity index (χ0v) is 8.86. The Morgan fingerprint density at radius 3 is 3.00 bits per heavy atom. The van der Waals surface area contributed by atoms with Gasteiger partial charge in [-0.1, -0.05) is 0 Å². The Hall–Kier alpha value is -1.34. The van der Waals surface area contributed by atoms with Crippen LogP contribution in [-0.4, -0.2) is 23.6 Å². The number of anilines is 1. The van der Waals surface area contributed by atoms with Crippen molar-refractivity contribution in [1.29, 1.82) is 5.26 Å². The first kappa shape index (κ1) is 10.7. The summed E-state index contributed by atoms with van der Waals surface area (Å²) in [5, 5.41) is 8.87. The van der Waals surface area contributed by atoms with Crippen LogP contribution in [0.2, 0.25) is 5.28 Å². The summed E-state index contributed by atoms with van der Waals surface area (Å²) >= 11 is 5.65. The molecule has 1 atom stereocenters. The standard InChI is InChI=1S/C9H11ClN4/c1-7(5-11)6-14(2)8-3-4-12-9(10)13-8/h3-4,7H,6H2,1-2H3. The van der Waals surface area contributed by atoms with Crippen LogP contribution in [0.3, 0.4) is 0 Å². The minimum Gasteiger partial charge on any atom is -0.358 e.